The number of nitrogens with zero attached hydrogens (tertiary/aromatic N) is 1. The van der Waals surface area contributed by atoms with Gasteiger partial charge in [-0.15, -0.1) is 0 Å². The third-order valence-corrected chi connectivity index (χ3v) is 6.07. The Hall–Kier alpha value is -4.19. The van der Waals surface area contributed by atoms with E-state index in [0.717, 1.165) is 16.7 Å². The SMILES string of the molecule is CCC(OC(=O)c1c(-c2ccc(C)cc2)c2ccccc2c(=O)n1C)C(=O)Nc1ccc(C)cc1. The van der Waals surface area contributed by atoms with Crippen LogP contribution in [0.2, 0.25) is 0 Å². The Morgan fingerprint density at radius 3 is 2.06 bits per heavy atom. The fourth-order valence-corrected chi connectivity index (χ4v) is 4.08. The summed E-state index contributed by atoms with van der Waals surface area (Å²) in [6.45, 7) is 5.71. The van der Waals surface area contributed by atoms with Crippen molar-refractivity contribution in [1.82, 2.24) is 4.57 Å². The fourth-order valence-electron chi connectivity index (χ4n) is 4.08. The molecule has 178 valence electrons. The zero-order valence-corrected chi connectivity index (χ0v) is 20.3. The number of hydrogen-bond donors (Lipinski definition) is 1. The molecule has 3 aromatic carbocycles. The lowest BCUT2D eigenvalue weighted by atomic mass is 9.96. The number of esters is 1. The number of rotatable bonds is 6. The van der Waals surface area contributed by atoms with Crippen molar-refractivity contribution in [2.45, 2.75) is 33.3 Å². The zero-order chi connectivity index (χ0) is 25.1. The Balaban J connectivity index is 1.75. The van der Waals surface area contributed by atoms with Gasteiger partial charge in [0.15, 0.2) is 6.10 Å². The number of nitrogens with one attached hydrogen (secondary N) is 1. The van der Waals surface area contributed by atoms with Crippen molar-refractivity contribution in [3.05, 3.63) is 100.0 Å². The highest BCUT2D eigenvalue weighted by Gasteiger charge is 2.27. The van der Waals surface area contributed by atoms with Gasteiger partial charge in [0.05, 0.1) is 0 Å². The van der Waals surface area contributed by atoms with Crippen LogP contribution >= 0.6 is 0 Å². The van der Waals surface area contributed by atoms with Crippen LogP contribution in [-0.4, -0.2) is 22.5 Å². The van der Waals surface area contributed by atoms with Crippen LogP contribution in [0.25, 0.3) is 21.9 Å². The summed E-state index contributed by atoms with van der Waals surface area (Å²) in [5.41, 5.74) is 3.95. The highest BCUT2D eigenvalue weighted by Crippen LogP contribution is 2.31. The second-order valence-corrected chi connectivity index (χ2v) is 8.66. The van der Waals surface area contributed by atoms with Crippen LogP contribution in [-0.2, 0) is 16.6 Å². The van der Waals surface area contributed by atoms with Crippen molar-refractivity contribution < 1.29 is 14.3 Å². The van der Waals surface area contributed by atoms with Gasteiger partial charge in [0, 0.05) is 23.7 Å². The number of benzene rings is 3. The second-order valence-electron chi connectivity index (χ2n) is 8.66. The number of carbonyl (C=O) groups is 2. The van der Waals surface area contributed by atoms with Crippen molar-refractivity contribution in [2.24, 2.45) is 7.05 Å². The summed E-state index contributed by atoms with van der Waals surface area (Å²) in [7, 11) is 1.55. The minimum atomic E-state index is -1.02. The highest BCUT2D eigenvalue weighted by atomic mass is 16.5. The molecule has 0 fully saturated rings. The average Bonchev–Trinajstić information content (AvgIpc) is 2.86. The van der Waals surface area contributed by atoms with E-state index in [1.54, 1.807) is 38.2 Å². The smallest absolute Gasteiger partial charge is 0.356 e. The van der Waals surface area contributed by atoms with Crippen LogP contribution in [0.1, 0.15) is 35.0 Å². The van der Waals surface area contributed by atoms with Crippen LogP contribution in [0, 0.1) is 13.8 Å². The Bertz CT molecular complexity index is 1450. The van der Waals surface area contributed by atoms with Gasteiger partial charge in [-0.25, -0.2) is 4.79 Å². The quantitative estimate of drug-likeness (QED) is 0.385. The monoisotopic (exact) mass is 468 g/mol. The van der Waals surface area contributed by atoms with Crippen molar-refractivity contribution in [3.63, 3.8) is 0 Å². The third kappa shape index (κ3) is 4.87. The number of aromatic nitrogens is 1. The first-order valence-corrected chi connectivity index (χ1v) is 11.6. The normalized spacial score (nSPS) is 11.8. The van der Waals surface area contributed by atoms with Gasteiger partial charge in [0.2, 0.25) is 0 Å². The van der Waals surface area contributed by atoms with E-state index in [-0.39, 0.29) is 17.7 Å². The van der Waals surface area contributed by atoms with Crippen LogP contribution in [0.4, 0.5) is 5.69 Å². The molecule has 1 amide bonds. The molecule has 6 heteroatoms. The summed E-state index contributed by atoms with van der Waals surface area (Å²) in [5.74, 6) is -1.15. The molecular formula is C29H28N2O4. The molecule has 6 nitrogen and oxygen atoms in total. The summed E-state index contributed by atoms with van der Waals surface area (Å²) < 4.78 is 7.01. The molecular weight excluding hydrogens is 440 g/mol. The molecule has 4 aromatic rings. The number of ether oxygens (including phenoxy) is 1. The van der Waals surface area contributed by atoms with Gasteiger partial charge in [-0.2, -0.15) is 0 Å². The molecule has 1 aromatic heterocycles. The van der Waals surface area contributed by atoms with E-state index in [4.69, 9.17) is 4.74 Å². The van der Waals surface area contributed by atoms with Crippen molar-refractivity contribution in [1.29, 1.82) is 0 Å². The van der Waals surface area contributed by atoms with Crippen molar-refractivity contribution >= 4 is 28.3 Å². The molecule has 0 spiro atoms. The number of amides is 1. The first-order valence-electron chi connectivity index (χ1n) is 11.6. The summed E-state index contributed by atoms with van der Waals surface area (Å²) in [6, 6.07) is 22.3. The molecule has 0 radical (unpaired) electrons. The number of anilines is 1. The van der Waals surface area contributed by atoms with Crippen LogP contribution < -0.4 is 10.9 Å². The molecule has 0 aliphatic carbocycles. The molecule has 35 heavy (non-hydrogen) atoms. The predicted molar refractivity (Wildman–Crippen MR) is 139 cm³/mol. The molecule has 0 saturated heterocycles. The lowest BCUT2D eigenvalue weighted by molar-refractivity contribution is -0.124. The molecule has 1 atom stereocenters. The van der Waals surface area contributed by atoms with Gasteiger partial charge in [0.25, 0.3) is 11.5 Å². The van der Waals surface area contributed by atoms with Gasteiger partial charge in [-0.3, -0.25) is 9.59 Å². The summed E-state index contributed by atoms with van der Waals surface area (Å²) in [6.07, 6.45) is -0.735. The molecule has 0 aliphatic rings. The first kappa shape index (κ1) is 24.0. The lowest BCUT2D eigenvalue weighted by Gasteiger charge is -2.20. The van der Waals surface area contributed by atoms with E-state index in [9.17, 15) is 14.4 Å². The Labute approximate surface area is 204 Å². The second kappa shape index (κ2) is 9.97. The third-order valence-electron chi connectivity index (χ3n) is 6.07. The van der Waals surface area contributed by atoms with E-state index >= 15 is 0 Å². The van der Waals surface area contributed by atoms with Crippen molar-refractivity contribution in [3.8, 4) is 11.1 Å². The molecule has 0 bridgehead atoms. The van der Waals surface area contributed by atoms with E-state index in [1.165, 1.54) is 4.57 Å². The number of pyridine rings is 1. The van der Waals surface area contributed by atoms with Gasteiger partial charge < -0.3 is 14.6 Å². The minimum Gasteiger partial charge on any atom is -0.448 e. The molecule has 0 saturated carbocycles. The average molecular weight is 469 g/mol. The topological polar surface area (TPSA) is 77.4 Å². The maximum atomic E-state index is 13.5. The number of aryl methyl sites for hydroxylation is 2. The maximum absolute atomic E-state index is 13.5. The Morgan fingerprint density at radius 1 is 0.886 bits per heavy atom. The van der Waals surface area contributed by atoms with Gasteiger partial charge in [-0.05, 0) is 49.4 Å². The minimum absolute atomic E-state index is 0.110. The van der Waals surface area contributed by atoms with E-state index < -0.39 is 18.0 Å². The van der Waals surface area contributed by atoms with E-state index in [1.807, 2.05) is 62.4 Å². The maximum Gasteiger partial charge on any atom is 0.356 e. The molecule has 0 aliphatic heterocycles. The number of carbonyl (C=O) groups excluding carboxylic acids is 2. The first-order chi connectivity index (χ1) is 16.8. The summed E-state index contributed by atoms with van der Waals surface area (Å²) in [4.78, 5) is 39.6. The Kier molecular flexibility index (Phi) is 6.82. The standard InChI is InChI=1S/C29H28N2O4/c1-5-24(27(32)30-21-16-12-19(3)13-17-21)35-29(34)26-25(20-14-10-18(2)11-15-20)22-8-6-7-9-23(22)28(33)31(26)4/h6-17,24H,5H2,1-4H3,(H,30,32). The predicted octanol–water partition coefficient (Wildman–Crippen LogP) is 5.40. The zero-order valence-electron chi connectivity index (χ0n) is 20.3. The number of fused-ring (bicyclic) bond motifs is 1. The van der Waals surface area contributed by atoms with E-state index in [2.05, 4.69) is 5.32 Å². The van der Waals surface area contributed by atoms with Crippen LogP contribution in [0.15, 0.2) is 77.6 Å². The van der Waals surface area contributed by atoms with Gasteiger partial charge in [0.1, 0.15) is 5.69 Å². The summed E-state index contributed by atoms with van der Waals surface area (Å²) in [5, 5.41) is 3.96. The largest absolute Gasteiger partial charge is 0.448 e. The van der Waals surface area contributed by atoms with Crippen LogP contribution in [0.3, 0.4) is 0 Å². The summed E-state index contributed by atoms with van der Waals surface area (Å²) >= 11 is 0. The fraction of sp³-hybridized carbons (Fsp3) is 0.207. The van der Waals surface area contributed by atoms with Crippen LogP contribution in [0.5, 0.6) is 0 Å². The molecule has 1 heterocycles. The van der Waals surface area contributed by atoms with E-state index in [0.29, 0.717) is 22.0 Å². The highest BCUT2D eigenvalue weighted by molar-refractivity contribution is 6.07. The lowest BCUT2D eigenvalue weighted by Crippen LogP contribution is -2.34. The van der Waals surface area contributed by atoms with Gasteiger partial charge >= 0.3 is 5.97 Å². The van der Waals surface area contributed by atoms with Gasteiger partial charge in [-0.1, -0.05) is 72.6 Å². The van der Waals surface area contributed by atoms with Crippen molar-refractivity contribution in [2.75, 3.05) is 5.32 Å². The molecule has 1 unspecified atom stereocenters. The molecule has 1 N–H and O–H groups in total. The Morgan fingerprint density at radius 2 is 1.46 bits per heavy atom. The number of hydrogen-bond acceptors (Lipinski definition) is 4. The molecule has 4 rings (SSSR count).